The predicted octanol–water partition coefficient (Wildman–Crippen LogP) is 4.06. The van der Waals surface area contributed by atoms with Crippen LogP contribution in [0, 0.1) is 0 Å². The first-order chi connectivity index (χ1) is 14.2. The highest BCUT2D eigenvalue weighted by Crippen LogP contribution is 2.21. The van der Waals surface area contributed by atoms with Crippen molar-refractivity contribution in [3.8, 4) is 0 Å². The van der Waals surface area contributed by atoms with Crippen molar-refractivity contribution in [2.24, 2.45) is 0 Å². The van der Waals surface area contributed by atoms with Crippen LogP contribution in [0.3, 0.4) is 0 Å². The fourth-order valence-corrected chi connectivity index (χ4v) is 4.03. The average Bonchev–Trinajstić information content (AvgIpc) is 3.16. The molecule has 1 N–H and O–H groups in total. The third kappa shape index (κ3) is 3.88. The number of imidazole rings is 1. The molecule has 0 spiro atoms. The van der Waals surface area contributed by atoms with Crippen molar-refractivity contribution in [2.75, 3.05) is 11.4 Å². The van der Waals surface area contributed by atoms with Crippen molar-refractivity contribution in [2.45, 2.75) is 45.1 Å². The number of carbonyl (C=O) groups excluding carboxylic acids is 2. The third-order valence-electron chi connectivity index (χ3n) is 5.52. The van der Waals surface area contributed by atoms with E-state index in [0.717, 1.165) is 31.4 Å². The minimum atomic E-state index is -0.222. The topological polar surface area (TPSA) is 66.7 Å². The number of hydrogen-bond donors (Lipinski definition) is 1. The fraction of sp³-hybridized carbons (Fsp3) is 0.348. The summed E-state index contributed by atoms with van der Waals surface area (Å²) in [7, 11) is 0. The van der Waals surface area contributed by atoms with Crippen molar-refractivity contribution < 1.29 is 9.59 Å². The van der Waals surface area contributed by atoms with E-state index in [1.54, 1.807) is 15.5 Å². The van der Waals surface area contributed by atoms with Gasteiger partial charge in [0.15, 0.2) is 5.69 Å². The molecule has 1 fully saturated rings. The lowest BCUT2D eigenvalue weighted by molar-refractivity contribution is 0.0916. The lowest BCUT2D eigenvalue weighted by atomic mass is 9.95. The van der Waals surface area contributed by atoms with Crippen LogP contribution in [0.2, 0.25) is 0 Å². The minimum absolute atomic E-state index is 0.183. The smallest absolute Gasteiger partial charge is 0.287 e. The summed E-state index contributed by atoms with van der Waals surface area (Å²) >= 11 is 0. The van der Waals surface area contributed by atoms with E-state index < -0.39 is 0 Å². The maximum Gasteiger partial charge on any atom is 0.287 e. The van der Waals surface area contributed by atoms with Crippen molar-refractivity contribution in [3.05, 3.63) is 66.2 Å². The van der Waals surface area contributed by atoms with Crippen LogP contribution in [0.5, 0.6) is 0 Å². The van der Waals surface area contributed by atoms with Gasteiger partial charge in [-0.3, -0.25) is 14.0 Å². The monoisotopic (exact) mass is 390 g/mol. The molecule has 6 nitrogen and oxygen atoms in total. The lowest BCUT2D eigenvalue weighted by Gasteiger charge is -2.22. The number of rotatable bonds is 5. The van der Waals surface area contributed by atoms with Gasteiger partial charge in [0, 0.05) is 24.5 Å². The number of pyridine rings is 1. The summed E-state index contributed by atoms with van der Waals surface area (Å²) in [5.41, 5.74) is 1.75. The van der Waals surface area contributed by atoms with Gasteiger partial charge in [0.1, 0.15) is 0 Å². The van der Waals surface area contributed by atoms with Crippen LogP contribution in [0.15, 0.2) is 54.7 Å². The highest BCUT2D eigenvalue weighted by Gasteiger charge is 2.26. The average molecular weight is 390 g/mol. The molecule has 0 aliphatic heterocycles. The summed E-state index contributed by atoms with van der Waals surface area (Å²) in [6, 6.07) is 15.2. The molecule has 4 rings (SSSR count). The molecule has 0 atom stereocenters. The molecule has 0 bridgehead atoms. The Morgan fingerprint density at radius 2 is 1.79 bits per heavy atom. The van der Waals surface area contributed by atoms with E-state index in [2.05, 4.69) is 10.3 Å². The highest BCUT2D eigenvalue weighted by atomic mass is 16.2. The van der Waals surface area contributed by atoms with E-state index in [0.29, 0.717) is 17.8 Å². The molecule has 150 valence electrons. The van der Waals surface area contributed by atoms with Crippen LogP contribution in [0.4, 0.5) is 5.69 Å². The van der Waals surface area contributed by atoms with E-state index in [-0.39, 0.29) is 23.7 Å². The molecule has 1 aliphatic rings. The van der Waals surface area contributed by atoms with E-state index in [4.69, 9.17) is 0 Å². The van der Waals surface area contributed by atoms with Crippen LogP contribution < -0.4 is 10.2 Å². The van der Waals surface area contributed by atoms with E-state index in [1.807, 2.05) is 55.5 Å². The van der Waals surface area contributed by atoms with Gasteiger partial charge in [0.25, 0.3) is 11.8 Å². The van der Waals surface area contributed by atoms with Gasteiger partial charge in [0.05, 0.1) is 5.52 Å². The molecule has 2 aromatic heterocycles. The Bertz CT molecular complexity index is 1010. The summed E-state index contributed by atoms with van der Waals surface area (Å²) in [5, 5.41) is 3.11. The SMILES string of the molecule is CCN(C(=O)c1nc(C(=O)NC2CCCCC2)n2ccccc12)c1ccccc1. The molecule has 3 aromatic rings. The summed E-state index contributed by atoms with van der Waals surface area (Å²) in [5.74, 6) is -0.169. The number of hydrogen-bond acceptors (Lipinski definition) is 3. The number of amides is 2. The maximum absolute atomic E-state index is 13.3. The Morgan fingerprint density at radius 1 is 1.07 bits per heavy atom. The van der Waals surface area contributed by atoms with Crippen LogP contribution in [-0.4, -0.2) is 33.8 Å². The number of aromatic nitrogens is 2. The zero-order chi connectivity index (χ0) is 20.2. The summed E-state index contributed by atoms with van der Waals surface area (Å²) in [6.45, 7) is 2.44. The Hall–Kier alpha value is -3.15. The Kier molecular flexibility index (Phi) is 5.60. The summed E-state index contributed by atoms with van der Waals surface area (Å²) in [6.07, 6.45) is 7.29. The normalized spacial score (nSPS) is 14.7. The van der Waals surface area contributed by atoms with Gasteiger partial charge in [-0.1, -0.05) is 43.5 Å². The standard InChI is InChI=1S/C23H26N4O2/c1-2-26(18-13-7-4-8-14-18)23(29)20-19-15-9-10-16-27(19)21(25-20)22(28)24-17-11-5-3-6-12-17/h4,7-10,13-17H,2-3,5-6,11-12H2,1H3,(H,24,28). The van der Waals surface area contributed by atoms with Gasteiger partial charge in [-0.25, -0.2) is 4.98 Å². The van der Waals surface area contributed by atoms with Gasteiger partial charge in [-0.2, -0.15) is 0 Å². The lowest BCUT2D eigenvalue weighted by Crippen LogP contribution is -2.37. The third-order valence-corrected chi connectivity index (χ3v) is 5.52. The number of benzene rings is 1. The number of para-hydroxylation sites is 1. The molecule has 6 heteroatoms. The van der Waals surface area contributed by atoms with E-state index >= 15 is 0 Å². The number of nitrogens with one attached hydrogen (secondary N) is 1. The van der Waals surface area contributed by atoms with Crippen LogP contribution in [0.25, 0.3) is 5.52 Å². The number of fused-ring (bicyclic) bond motifs is 1. The second-order valence-electron chi connectivity index (χ2n) is 7.43. The van der Waals surface area contributed by atoms with Crippen molar-refractivity contribution >= 4 is 23.0 Å². The molecule has 1 saturated carbocycles. The van der Waals surface area contributed by atoms with Gasteiger partial charge in [-0.05, 0) is 44.0 Å². The molecular formula is C23H26N4O2. The second kappa shape index (κ2) is 8.47. The molecular weight excluding hydrogens is 364 g/mol. The van der Waals surface area contributed by atoms with Gasteiger partial charge < -0.3 is 10.2 Å². The summed E-state index contributed by atoms with van der Waals surface area (Å²) in [4.78, 5) is 32.5. The Labute approximate surface area is 170 Å². The van der Waals surface area contributed by atoms with Crippen molar-refractivity contribution in [1.82, 2.24) is 14.7 Å². The fourth-order valence-electron chi connectivity index (χ4n) is 4.03. The van der Waals surface area contributed by atoms with Crippen LogP contribution >= 0.6 is 0 Å². The van der Waals surface area contributed by atoms with E-state index in [1.165, 1.54) is 6.42 Å². The first-order valence-electron chi connectivity index (χ1n) is 10.3. The number of carbonyl (C=O) groups is 2. The highest BCUT2D eigenvalue weighted by molar-refractivity contribution is 6.10. The molecule has 1 aliphatic carbocycles. The summed E-state index contributed by atoms with van der Waals surface area (Å²) < 4.78 is 1.71. The van der Waals surface area contributed by atoms with Crippen LogP contribution in [-0.2, 0) is 0 Å². The van der Waals surface area contributed by atoms with Crippen molar-refractivity contribution in [3.63, 3.8) is 0 Å². The molecule has 2 amide bonds. The molecule has 1 aromatic carbocycles. The Balaban J connectivity index is 1.68. The zero-order valence-corrected chi connectivity index (χ0v) is 16.7. The minimum Gasteiger partial charge on any atom is -0.347 e. The van der Waals surface area contributed by atoms with Gasteiger partial charge in [0.2, 0.25) is 5.82 Å². The molecule has 2 heterocycles. The molecule has 0 saturated heterocycles. The second-order valence-corrected chi connectivity index (χ2v) is 7.43. The maximum atomic E-state index is 13.3. The first-order valence-corrected chi connectivity index (χ1v) is 10.3. The van der Waals surface area contributed by atoms with Crippen molar-refractivity contribution in [1.29, 1.82) is 0 Å². The number of nitrogens with zero attached hydrogens (tertiary/aromatic N) is 3. The first kappa shape index (κ1) is 19.2. The quantitative estimate of drug-likeness (QED) is 0.714. The number of anilines is 1. The van der Waals surface area contributed by atoms with Gasteiger partial charge in [-0.15, -0.1) is 0 Å². The largest absolute Gasteiger partial charge is 0.347 e. The predicted molar refractivity (Wildman–Crippen MR) is 113 cm³/mol. The molecule has 0 radical (unpaired) electrons. The molecule has 0 unspecified atom stereocenters. The van der Waals surface area contributed by atoms with Crippen LogP contribution in [0.1, 0.15) is 60.1 Å². The Morgan fingerprint density at radius 3 is 2.52 bits per heavy atom. The zero-order valence-electron chi connectivity index (χ0n) is 16.7. The van der Waals surface area contributed by atoms with Gasteiger partial charge >= 0.3 is 0 Å². The molecule has 29 heavy (non-hydrogen) atoms. The van der Waals surface area contributed by atoms with E-state index in [9.17, 15) is 9.59 Å².